The van der Waals surface area contributed by atoms with Gasteiger partial charge in [0.2, 0.25) is 0 Å². The highest BCUT2D eigenvalue weighted by Gasteiger charge is 2.64. The number of hydrogen-bond acceptors (Lipinski definition) is 3. The second-order valence-electron chi connectivity index (χ2n) is 11.6. The molecule has 0 spiro atoms. The summed E-state index contributed by atoms with van der Waals surface area (Å²) in [6.07, 6.45) is 9.94. The number of ether oxygens (including phenoxy) is 1. The number of carbonyl (C=O) groups excluding carboxylic acids is 1. The van der Waals surface area contributed by atoms with Crippen molar-refractivity contribution in [3.05, 3.63) is 35.9 Å². The maximum atomic E-state index is 11.8. The van der Waals surface area contributed by atoms with Gasteiger partial charge in [-0.2, -0.15) is 0 Å². The normalized spacial score (nSPS) is 44.9. The fraction of sp³-hybridized carbons (Fsp3) is 0.690. The lowest BCUT2D eigenvalue weighted by Gasteiger charge is -2.61. The largest absolute Gasteiger partial charge is 0.463 e. The van der Waals surface area contributed by atoms with E-state index in [4.69, 9.17) is 4.74 Å². The Morgan fingerprint density at radius 2 is 1.75 bits per heavy atom. The molecule has 8 atom stereocenters. The molecule has 1 aromatic rings. The molecular weight excluding hydrogens is 396 g/mol. The van der Waals surface area contributed by atoms with E-state index in [1.165, 1.54) is 26.2 Å². The summed E-state index contributed by atoms with van der Waals surface area (Å²) in [5, 5.41) is 11.8. The van der Waals surface area contributed by atoms with Gasteiger partial charge in [-0.05, 0) is 99.0 Å². The third kappa shape index (κ3) is 3.41. The maximum absolute atomic E-state index is 11.8. The molecule has 0 amide bonds. The highest BCUT2D eigenvalue weighted by molar-refractivity contribution is 5.66. The van der Waals surface area contributed by atoms with Crippen molar-refractivity contribution in [2.75, 3.05) is 0 Å². The van der Waals surface area contributed by atoms with Gasteiger partial charge >= 0.3 is 5.97 Å². The molecule has 0 saturated heterocycles. The molecule has 0 radical (unpaired) electrons. The van der Waals surface area contributed by atoms with Crippen LogP contribution in [0.5, 0.6) is 0 Å². The van der Waals surface area contributed by atoms with Crippen LogP contribution in [0.4, 0.5) is 0 Å². The summed E-state index contributed by atoms with van der Waals surface area (Å²) in [5.74, 6) is 9.13. The van der Waals surface area contributed by atoms with Gasteiger partial charge in [-0.3, -0.25) is 4.79 Å². The molecule has 4 fully saturated rings. The van der Waals surface area contributed by atoms with Gasteiger partial charge in [-0.25, -0.2) is 0 Å². The minimum atomic E-state index is -0.886. The zero-order chi connectivity index (χ0) is 22.6. The van der Waals surface area contributed by atoms with Crippen LogP contribution in [-0.2, 0) is 9.53 Å². The standard InChI is InChI=1S/C29H38O3/c1-20(30)32-23-12-15-27(2)22(19-23)9-10-24-25(27)13-16-28(3)26(24)14-18-29(28,31)17-11-21-7-5-4-6-8-21/h4-8,22-26,31H,9-10,12-16,18-19H2,1-3H3/t22-,23-,24+,25+,26-,27+,28+,29-/m1/s1. The number of rotatable bonds is 1. The number of carbonyl (C=O) groups is 1. The Hall–Kier alpha value is -1.79. The Morgan fingerprint density at radius 3 is 2.50 bits per heavy atom. The van der Waals surface area contributed by atoms with Gasteiger partial charge in [0.1, 0.15) is 11.7 Å². The van der Waals surface area contributed by atoms with Gasteiger partial charge in [-0.1, -0.05) is 43.9 Å². The molecule has 172 valence electrons. The third-order valence-corrected chi connectivity index (χ3v) is 10.3. The van der Waals surface area contributed by atoms with Crippen molar-refractivity contribution in [1.29, 1.82) is 0 Å². The molecule has 0 heterocycles. The number of benzene rings is 1. The molecular formula is C29H38O3. The fourth-order valence-corrected chi connectivity index (χ4v) is 8.48. The van der Waals surface area contributed by atoms with Crippen LogP contribution in [0, 0.1) is 46.3 Å². The van der Waals surface area contributed by atoms with E-state index < -0.39 is 5.60 Å². The Balaban J connectivity index is 1.36. The first-order chi connectivity index (χ1) is 15.3. The van der Waals surface area contributed by atoms with Crippen LogP contribution < -0.4 is 0 Å². The molecule has 1 N–H and O–H groups in total. The van der Waals surface area contributed by atoms with Crippen LogP contribution in [0.2, 0.25) is 0 Å². The lowest BCUT2D eigenvalue weighted by atomic mass is 9.44. The summed E-state index contributed by atoms with van der Waals surface area (Å²) in [4.78, 5) is 11.5. The zero-order valence-corrected chi connectivity index (χ0v) is 19.9. The quantitative estimate of drug-likeness (QED) is 0.453. The zero-order valence-electron chi connectivity index (χ0n) is 19.9. The molecule has 5 rings (SSSR count). The molecule has 3 nitrogen and oxygen atoms in total. The number of hydrogen-bond donors (Lipinski definition) is 1. The van der Waals surface area contributed by atoms with Crippen LogP contribution >= 0.6 is 0 Å². The molecule has 0 bridgehead atoms. The predicted molar refractivity (Wildman–Crippen MR) is 126 cm³/mol. The molecule has 0 unspecified atom stereocenters. The van der Waals surface area contributed by atoms with Crippen LogP contribution in [0.1, 0.15) is 84.1 Å². The van der Waals surface area contributed by atoms with E-state index in [9.17, 15) is 9.90 Å². The Labute approximate surface area is 193 Å². The van der Waals surface area contributed by atoms with Crippen LogP contribution in [0.25, 0.3) is 0 Å². The lowest BCUT2D eigenvalue weighted by Crippen LogP contribution is -2.56. The number of aliphatic hydroxyl groups is 1. The summed E-state index contributed by atoms with van der Waals surface area (Å²) in [5.41, 5.74) is 0.327. The first-order valence-electron chi connectivity index (χ1n) is 12.7. The minimum absolute atomic E-state index is 0.112. The van der Waals surface area contributed by atoms with Crippen LogP contribution in [-0.4, -0.2) is 22.8 Å². The molecule has 4 aliphatic carbocycles. The van der Waals surface area contributed by atoms with Crippen molar-refractivity contribution < 1.29 is 14.6 Å². The van der Waals surface area contributed by atoms with E-state index >= 15 is 0 Å². The van der Waals surface area contributed by atoms with Gasteiger partial charge in [0.25, 0.3) is 0 Å². The topological polar surface area (TPSA) is 46.5 Å². The predicted octanol–water partition coefficient (Wildman–Crippen LogP) is 5.74. The first kappa shape index (κ1) is 22.0. The van der Waals surface area contributed by atoms with Crippen LogP contribution in [0.3, 0.4) is 0 Å². The highest BCUT2D eigenvalue weighted by Crippen LogP contribution is 2.68. The second kappa shape index (κ2) is 7.91. The Kier molecular flexibility index (Phi) is 5.44. The summed E-state index contributed by atoms with van der Waals surface area (Å²) in [6.45, 7) is 6.39. The van der Waals surface area contributed by atoms with E-state index in [2.05, 4.69) is 25.7 Å². The van der Waals surface area contributed by atoms with E-state index in [0.717, 1.165) is 50.0 Å². The van der Waals surface area contributed by atoms with Gasteiger partial charge in [-0.15, -0.1) is 0 Å². The summed E-state index contributed by atoms with van der Waals surface area (Å²) >= 11 is 0. The molecule has 1 aromatic carbocycles. The third-order valence-electron chi connectivity index (χ3n) is 10.3. The van der Waals surface area contributed by atoms with Crippen LogP contribution in [0.15, 0.2) is 30.3 Å². The monoisotopic (exact) mass is 434 g/mol. The van der Waals surface area contributed by atoms with Gasteiger partial charge in [0, 0.05) is 17.9 Å². The molecule has 4 aliphatic rings. The first-order valence-corrected chi connectivity index (χ1v) is 12.7. The van der Waals surface area contributed by atoms with Crippen molar-refractivity contribution in [1.82, 2.24) is 0 Å². The maximum Gasteiger partial charge on any atom is 0.302 e. The van der Waals surface area contributed by atoms with Crippen molar-refractivity contribution in [2.24, 2.45) is 34.5 Å². The van der Waals surface area contributed by atoms with Crippen molar-refractivity contribution in [2.45, 2.75) is 90.3 Å². The molecule has 32 heavy (non-hydrogen) atoms. The fourth-order valence-electron chi connectivity index (χ4n) is 8.48. The van der Waals surface area contributed by atoms with Gasteiger partial charge in [0.15, 0.2) is 0 Å². The number of esters is 1. The van der Waals surface area contributed by atoms with E-state index in [-0.39, 0.29) is 17.5 Å². The molecule has 3 heteroatoms. The molecule has 4 saturated carbocycles. The summed E-state index contributed by atoms with van der Waals surface area (Å²) in [7, 11) is 0. The smallest absolute Gasteiger partial charge is 0.302 e. The average molecular weight is 435 g/mol. The van der Waals surface area contributed by atoms with Gasteiger partial charge < -0.3 is 9.84 Å². The Bertz CT molecular complexity index is 929. The molecule has 0 aliphatic heterocycles. The minimum Gasteiger partial charge on any atom is -0.463 e. The SMILES string of the molecule is CC(=O)O[C@@H]1CC[C@@]2(C)[C@H](CC[C@@H]3[C@H]4CC[C@](O)(C#Cc5ccccc5)[C@@]4(C)CC[C@@H]32)C1. The van der Waals surface area contributed by atoms with Gasteiger partial charge in [0.05, 0.1) is 0 Å². The van der Waals surface area contributed by atoms with Crippen molar-refractivity contribution in [3.63, 3.8) is 0 Å². The summed E-state index contributed by atoms with van der Waals surface area (Å²) < 4.78 is 5.61. The number of fused-ring (bicyclic) bond motifs is 5. The average Bonchev–Trinajstić information content (AvgIpc) is 3.04. The van der Waals surface area contributed by atoms with E-state index in [0.29, 0.717) is 23.2 Å². The Morgan fingerprint density at radius 1 is 1.00 bits per heavy atom. The van der Waals surface area contributed by atoms with E-state index in [1.807, 2.05) is 30.3 Å². The molecule has 0 aromatic heterocycles. The summed E-state index contributed by atoms with van der Waals surface area (Å²) in [6, 6.07) is 10.1. The lowest BCUT2D eigenvalue weighted by molar-refractivity contribution is -0.163. The van der Waals surface area contributed by atoms with Crippen molar-refractivity contribution in [3.8, 4) is 11.8 Å². The second-order valence-corrected chi connectivity index (χ2v) is 11.6. The highest BCUT2D eigenvalue weighted by atomic mass is 16.5. The van der Waals surface area contributed by atoms with E-state index in [1.54, 1.807) is 0 Å². The van der Waals surface area contributed by atoms with Crippen molar-refractivity contribution >= 4 is 5.97 Å².